The van der Waals surface area contributed by atoms with Crippen molar-refractivity contribution in [3.05, 3.63) is 41.4 Å². The first-order chi connectivity index (χ1) is 8.24. The normalized spacial score (nSPS) is 10.3. The maximum Gasteiger partial charge on any atom is 0.180 e. The maximum absolute atomic E-state index is 6.32. The summed E-state index contributed by atoms with van der Waals surface area (Å²) in [6.07, 6.45) is 1.75. The van der Waals surface area contributed by atoms with Crippen molar-refractivity contribution in [2.45, 2.75) is 0 Å². The van der Waals surface area contributed by atoms with E-state index in [0.29, 0.717) is 16.5 Å². The third kappa shape index (κ3) is 1.75. The Morgan fingerprint density at radius 3 is 2.18 bits per heavy atom. The van der Waals surface area contributed by atoms with Gasteiger partial charge in [-0.1, -0.05) is 48.5 Å². The van der Waals surface area contributed by atoms with E-state index in [0.717, 1.165) is 16.3 Å². The number of halogens is 1. The summed E-state index contributed by atoms with van der Waals surface area (Å²) >= 11 is 6.32. The monoisotopic (exact) mass is 248 g/mol. The van der Waals surface area contributed by atoms with Crippen molar-refractivity contribution in [1.82, 2.24) is 0 Å². The molecule has 0 spiro atoms. The van der Waals surface area contributed by atoms with Gasteiger partial charge in [-0.3, -0.25) is 0 Å². The molecule has 0 aliphatic heterocycles. The Balaban J connectivity index is 2.98. The molecular formula is C14H13ClO2. The second-order valence-corrected chi connectivity index (χ2v) is 3.92. The summed E-state index contributed by atoms with van der Waals surface area (Å²) in [5.41, 5.74) is 0.893. The Bertz CT molecular complexity index is 576. The predicted molar refractivity (Wildman–Crippen MR) is 72.2 cm³/mol. The first-order valence-electron chi connectivity index (χ1n) is 5.19. The van der Waals surface area contributed by atoms with Gasteiger partial charge in [0.15, 0.2) is 11.5 Å². The molecule has 2 aromatic rings. The molecule has 0 aliphatic carbocycles. The van der Waals surface area contributed by atoms with Gasteiger partial charge in [0.2, 0.25) is 0 Å². The van der Waals surface area contributed by atoms with Gasteiger partial charge in [0.1, 0.15) is 0 Å². The van der Waals surface area contributed by atoms with E-state index in [-0.39, 0.29) is 0 Å². The van der Waals surface area contributed by atoms with Crippen LogP contribution < -0.4 is 9.47 Å². The van der Waals surface area contributed by atoms with Gasteiger partial charge in [-0.15, -0.1) is 0 Å². The highest BCUT2D eigenvalue weighted by atomic mass is 35.5. The lowest BCUT2D eigenvalue weighted by molar-refractivity contribution is 0.355. The molecule has 0 saturated heterocycles. The van der Waals surface area contributed by atoms with Crippen molar-refractivity contribution in [1.29, 1.82) is 0 Å². The van der Waals surface area contributed by atoms with E-state index >= 15 is 0 Å². The molecule has 3 heteroatoms. The fourth-order valence-electron chi connectivity index (χ4n) is 1.96. The Kier molecular flexibility index (Phi) is 3.25. The van der Waals surface area contributed by atoms with E-state index in [1.165, 1.54) is 0 Å². The third-order valence-electron chi connectivity index (χ3n) is 2.72. The van der Waals surface area contributed by atoms with Crippen LogP contribution in [-0.2, 0) is 0 Å². The van der Waals surface area contributed by atoms with Gasteiger partial charge < -0.3 is 9.47 Å². The highest BCUT2D eigenvalue weighted by Crippen LogP contribution is 2.44. The van der Waals surface area contributed by atoms with Crippen LogP contribution in [0.15, 0.2) is 30.8 Å². The molecule has 0 N–H and O–H groups in total. The van der Waals surface area contributed by atoms with Crippen LogP contribution in [0.25, 0.3) is 16.8 Å². The number of rotatable bonds is 3. The van der Waals surface area contributed by atoms with E-state index < -0.39 is 0 Å². The molecule has 0 bridgehead atoms. The first kappa shape index (κ1) is 11.8. The van der Waals surface area contributed by atoms with Crippen LogP contribution in [-0.4, -0.2) is 14.2 Å². The van der Waals surface area contributed by atoms with E-state index in [2.05, 4.69) is 6.58 Å². The van der Waals surface area contributed by atoms with Gasteiger partial charge in [-0.25, -0.2) is 0 Å². The molecule has 0 saturated carbocycles. The van der Waals surface area contributed by atoms with Gasteiger partial charge in [0, 0.05) is 10.9 Å². The second-order valence-electron chi connectivity index (χ2n) is 3.54. The quantitative estimate of drug-likeness (QED) is 0.812. The molecule has 0 aliphatic rings. The molecule has 0 unspecified atom stereocenters. The summed E-state index contributed by atoms with van der Waals surface area (Å²) < 4.78 is 10.7. The van der Waals surface area contributed by atoms with Gasteiger partial charge in [-0.2, -0.15) is 0 Å². The topological polar surface area (TPSA) is 18.5 Å². The summed E-state index contributed by atoms with van der Waals surface area (Å²) in [6, 6.07) is 7.83. The van der Waals surface area contributed by atoms with Crippen molar-refractivity contribution >= 4 is 28.4 Å². The zero-order valence-corrected chi connectivity index (χ0v) is 10.5. The lowest BCUT2D eigenvalue weighted by Gasteiger charge is -2.15. The minimum Gasteiger partial charge on any atom is -0.492 e. The average Bonchev–Trinajstić information content (AvgIpc) is 2.38. The number of methoxy groups -OCH3 is 2. The molecular weight excluding hydrogens is 236 g/mol. The lowest BCUT2D eigenvalue weighted by Crippen LogP contribution is -1.95. The van der Waals surface area contributed by atoms with E-state index in [4.69, 9.17) is 21.1 Å². The summed E-state index contributed by atoms with van der Waals surface area (Å²) in [5, 5.41) is 2.50. The molecule has 0 amide bonds. The maximum atomic E-state index is 6.32. The molecule has 0 heterocycles. The van der Waals surface area contributed by atoms with Crippen LogP contribution in [0.2, 0.25) is 5.02 Å². The van der Waals surface area contributed by atoms with Gasteiger partial charge in [-0.05, 0) is 5.39 Å². The largest absolute Gasteiger partial charge is 0.492 e. The van der Waals surface area contributed by atoms with E-state index in [1.54, 1.807) is 20.3 Å². The Hall–Kier alpha value is -1.67. The summed E-state index contributed by atoms with van der Waals surface area (Å²) in [4.78, 5) is 0. The van der Waals surface area contributed by atoms with E-state index in [1.807, 2.05) is 24.3 Å². The number of fused-ring (bicyclic) bond motifs is 1. The minimum atomic E-state index is 0.544. The van der Waals surface area contributed by atoms with Crippen molar-refractivity contribution in [3.63, 3.8) is 0 Å². The van der Waals surface area contributed by atoms with Crippen molar-refractivity contribution in [2.75, 3.05) is 14.2 Å². The molecule has 2 nitrogen and oxygen atoms in total. The van der Waals surface area contributed by atoms with Crippen LogP contribution in [0.1, 0.15) is 5.56 Å². The standard InChI is InChI=1S/C14H13ClO2/c1-4-9-10-7-5-6-8-11(10)12(15)14(17-3)13(9)16-2/h4-8H,1H2,2-3H3. The average molecular weight is 249 g/mol. The molecule has 0 radical (unpaired) electrons. The Morgan fingerprint density at radius 2 is 1.65 bits per heavy atom. The SMILES string of the molecule is C=Cc1c(OC)c(OC)c(Cl)c2ccccc12. The summed E-state index contributed by atoms with van der Waals surface area (Å²) in [6.45, 7) is 3.82. The molecule has 17 heavy (non-hydrogen) atoms. The second kappa shape index (κ2) is 4.68. The van der Waals surface area contributed by atoms with Crippen molar-refractivity contribution < 1.29 is 9.47 Å². The zero-order valence-electron chi connectivity index (χ0n) is 9.79. The molecule has 2 aromatic carbocycles. The highest BCUT2D eigenvalue weighted by Gasteiger charge is 2.17. The summed E-state index contributed by atoms with van der Waals surface area (Å²) in [7, 11) is 3.17. The molecule has 2 rings (SSSR count). The molecule has 0 fully saturated rings. The summed E-state index contributed by atoms with van der Waals surface area (Å²) in [5.74, 6) is 1.16. The van der Waals surface area contributed by atoms with Crippen LogP contribution in [0.5, 0.6) is 11.5 Å². The van der Waals surface area contributed by atoms with Crippen LogP contribution >= 0.6 is 11.6 Å². The number of hydrogen-bond donors (Lipinski definition) is 0. The fourth-order valence-corrected chi connectivity index (χ4v) is 2.29. The number of hydrogen-bond acceptors (Lipinski definition) is 2. The van der Waals surface area contributed by atoms with Crippen LogP contribution in [0, 0.1) is 0 Å². The highest BCUT2D eigenvalue weighted by molar-refractivity contribution is 6.37. The Morgan fingerprint density at radius 1 is 1.06 bits per heavy atom. The van der Waals surface area contributed by atoms with Crippen molar-refractivity contribution in [3.8, 4) is 11.5 Å². The van der Waals surface area contributed by atoms with Gasteiger partial charge >= 0.3 is 0 Å². The lowest BCUT2D eigenvalue weighted by atomic mass is 10.0. The van der Waals surface area contributed by atoms with Gasteiger partial charge in [0.25, 0.3) is 0 Å². The number of benzene rings is 2. The number of ether oxygens (including phenoxy) is 2. The smallest absolute Gasteiger partial charge is 0.180 e. The van der Waals surface area contributed by atoms with E-state index in [9.17, 15) is 0 Å². The minimum absolute atomic E-state index is 0.544. The Labute approximate surface area is 105 Å². The van der Waals surface area contributed by atoms with Crippen LogP contribution in [0.3, 0.4) is 0 Å². The molecule has 0 atom stereocenters. The van der Waals surface area contributed by atoms with Crippen molar-refractivity contribution in [2.24, 2.45) is 0 Å². The van der Waals surface area contributed by atoms with Crippen LogP contribution in [0.4, 0.5) is 0 Å². The van der Waals surface area contributed by atoms with Gasteiger partial charge in [0.05, 0.1) is 19.2 Å². The third-order valence-corrected chi connectivity index (χ3v) is 3.09. The molecule has 88 valence electrons. The first-order valence-corrected chi connectivity index (χ1v) is 5.57. The zero-order chi connectivity index (χ0) is 12.4. The fraction of sp³-hybridized carbons (Fsp3) is 0.143. The molecule has 0 aromatic heterocycles. The predicted octanol–water partition coefficient (Wildman–Crippen LogP) is 4.15.